The molecule has 1 spiro atoms. The smallest absolute Gasteiger partial charge is 0.523 e. The van der Waals surface area contributed by atoms with Crippen molar-refractivity contribution in [2.75, 3.05) is 7.11 Å². The Kier molecular flexibility index (Phi) is 2.71. The molecule has 1 aromatic rings. The first-order chi connectivity index (χ1) is 11.0. The first-order valence-corrected chi connectivity index (χ1v) is 8.01. The van der Waals surface area contributed by atoms with Gasteiger partial charge in [-0.1, -0.05) is 12.1 Å². The van der Waals surface area contributed by atoms with Gasteiger partial charge in [0.2, 0.25) is 0 Å². The molecule has 0 bridgehead atoms. The van der Waals surface area contributed by atoms with Crippen LogP contribution in [0.3, 0.4) is 0 Å². The van der Waals surface area contributed by atoms with Crippen LogP contribution >= 0.6 is 0 Å². The summed E-state index contributed by atoms with van der Waals surface area (Å²) < 4.78 is 35.6. The van der Waals surface area contributed by atoms with Crippen LogP contribution in [0, 0.1) is 0 Å². The van der Waals surface area contributed by atoms with E-state index in [2.05, 4.69) is 0 Å². The predicted octanol–water partition coefficient (Wildman–Crippen LogP) is 1.98. The number of hydrogen-bond acceptors (Lipinski definition) is 6. The molecule has 0 aromatic heterocycles. The molecule has 1 aliphatic carbocycles. The van der Waals surface area contributed by atoms with Crippen molar-refractivity contribution in [1.29, 1.82) is 0 Å². The molecule has 6 nitrogen and oxygen atoms in total. The van der Waals surface area contributed by atoms with Gasteiger partial charge >= 0.3 is 7.12 Å². The second-order valence-electron chi connectivity index (χ2n) is 7.06. The third-order valence-electron chi connectivity index (χ3n) is 5.12. The quantitative estimate of drug-likeness (QED) is 0.777. The van der Waals surface area contributed by atoms with Crippen LogP contribution in [0.5, 0.6) is 11.5 Å². The van der Waals surface area contributed by atoms with E-state index in [1.807, 2.05) is 38.1 Å². The van der Waals surface area contributed by atoms with E-state index >= 15 is 0 Å². The fourth-order valence-electron chi connectivity index (χ4n) is 4.06. The number of hydrogen-bond donors (Lipinski definition) is 0. The molecule has 0 amide bonds. The fourth-order valence-corrected chi connectivity index (χ4v) is 4.06. The Balaban J connectivity index is 1.39. The minimum atomic E-state index is -0.629. The van der Waals surface area contributed by atoms with Gasteiger partial charge in [0, 0.05) is 7.11 Å². The number of methoxy groups -OCH3 is 1. The number of rotatable bonds is 2. The maximum atomic E-state index is 6.16. The lowest BCUT2D eigenvalue weighted by Crippen LogP contribution is -2.37. The zero-order valence-electron chi connectivity index (χ0n) is 13.4. The molecular weight excluding hydrogens is 299 g/mol. The molecule has 0 N–H and O–H groups in total. The average Bonchev–Trinajstić information content (AvgIpc) is 2.80. The van der Waals surface area contributed by atoms with E-state index < -0.39 is 17.7 Å². The molecular formula is C16H19BO6. The molecule has 2 unspecified atom stereocenters. The minimum absolute atomic E-state index is 0.0973. The first-order valence-electron chi connectivity index (χ1n) is 8.01. The summed E-state index contributed by atoms with van der Waals surface area (Å²) in [7, 11) is 1.28. The zero-order valence-corrected chi connectivity index (χ0v) is 13.4. The van der Waals surface area contributed by atoms with Crippen LogP contribution in [-0.2, 0) is 18.9 Å². The van der Waals surface area contributed by atoms with Crippen LogP contribution in [0.15, 0.2) is 24.3 Å². The highest BCUT2D eigenvalue weighted by Crippen LogP contribution is 2.65. The van der Waals surface area contributed by atoms with Gasteiger partial charge in [-0.05, 0) is 32.4 Å². The molecule has 5 atom stereocenters. The van der Waals surface area contributed by atoms with E-state index in [0.29, 0.717) is 0 Å². The number of para-hydroxylation sites is 2. The molecule has 0 radical (unpaired) electrons. The van der Waals surface area contributed by atoms with Crippen molar-refractivity contribution in [1.82, 2.24) is 0 Å². The van der Waals surface area contributed by atoms with Gasteiger partial charge < -0.3 is 28.3 Å². The highest BCUT2D eigenvalue weighted by molar-refractivity contribution is 6.51. The summed E-state index contributed by atoms with van der Waals surface area (Å²) in [6.45, 7) is 3.84. The van der Waals surface area contributed by atoms with Crippen molar-refractivity contribution in [3.63, 3.8) is 0 Å². The van der Waals surface area contributed by atoms with E-state index in [4.69, 9.17) is 28.3 Å². The van der Waals surface area contributed by atoms with Gasteiger partial charge in [-0.3, -0.25) is 0 Å². The zero-order chi connectivity index (χ0) is 15.8. The van der Waals surface area contributed by atoms with E-state index in [9.17, 15) is 0 Å². The van der Waals surface area contributed by atoms with E-state index in [-0.39, 0.29) is 25.1 Å². The molecule has 3 heterocycles. The Labute approximate surface area is 135 Å². The highest BCUT2D eigenvalue weighted by atomic mass is 16.8. The lowest BCUT2D eigenvalue weighted by atomic mass is 9.79. The van der Waals surface area contributed by atoms with Crippen LogP contribution in [0.4, 0.5) is 0 Å². The Bertz CT molecular complexity index is 626. The fraction of sp³-hybridized carbons (Fsp3) is 0.625. The molecule has 7 heteroatoms. The van der Waals surface area contributed by atoms with Crippen molar-refractivity contribution in [2.45, 2.75) is 56.0 Å². The second-order valence-corrected chi connectivity index (χ2v) is 7.06. The minimum Gasteiger partial charge on any atom is -0.523 e. The molecule has 23 heavy (non-hydrogen) atoms. The Morgan fingerprint density at radius 3 is 2.43 bits per heavy atom. The number of ether oxygens (including phenoxy) is 4. The summed E-state index contributed by atoms with van der Waals surface area (Å²) in [5.41, 5.74) is -0.453. The molecule has 122 valence electrons. The highest BCUT2D eigenvalue weighted by Gasteiger charge is 2.78. The van der Waals surface area contributed by atoms with Crippen molar-refractivity contribution in [2.24, 2.45) is 0 Å². The molecule has 3 fully saturated rings. The Hall–Kier alpha value is -1.28. The molecule has 5 rings (SSSR count). The van der Waals surface area contributed by atoms with Gasteiger partial charge in [-0.2, -0.15) is 0 Å². The maximum Gasteiger partial charge on any atom is 0.601 e. The summed E-state index contributed by atoms with van der Waals surface area (Å²) >= 11 is 0. The van der Waals surface area contributed by atoms with Gasteiger partial charge in [0.15, 0.2) is 12.1 Å². The largest absolute Gasteiger partial charge is 0.601 e. The summed E-state index contributed by atoms with van der Waals surface area (Å²) in [5.74, 6) is 1.03. The van der Waals surface area contributed by atoms with E-state index in [1.54, 1.807) is 7.11 Å². The number of fused-ring (bicyclic) bond motifs is 3. The van der Waals surface area contributed by atoms with Gasteiger partial charge in [-0.15, -0.1) is 0 Å². The van der Waals surface area contributed by atoms with Crippen molar-refractivity contribution in [3.05, 3.63) is 24.3 Å². The molecule has 4 aliphatic rings. The van der Waals surface area contributed by atoms with Gasteiger partial charge in [-0.25, -0.2) is 0 Å². The van der Waals surface area contributed by atoms with Crippen LogP contribution in [0.2, 0.25) is 5.82 Å². The van der Waals surface area contributed by atoms with Gasteiger partial charge in [0.05, 0.1) is 5.82 Å². The van der Waals surface area contributed by atoms with Crippen LogP contribution in [-0.4, -0.2) is 44.1 Å². The number of benzene rings is 1. The Morgan fingerprint density at radius 1 is 1.09 bits per heavy atom. The molecule has 3 aliphatic heterocycles. The summed E-state index contributed by atoms with van der Waals surface area (Å²) in [5, 5.41) is 0. The van der Waals surface area contributed by atoms with E-state index in [0.717, 1.165) is 17.9 Å². The molecule has 1 aromatic carbocycles. The summed E-state index contributed by atoms with van der Waals surface area (Å²) in [6.07, 6.45) is 0.00857. The topological polar surface area (TPSA) is 55.4 Å². The van der Waals surface area contributed by atoms with Crippen molar-refractivity contribution < 1.29 is 28.3 Å². The average molecular weight is 318 g/mol. The summed E-state index contributed by atoms with van der Waals surface area (Å²) in [4.78, 5) is 0. The molecule has 1 saturated carbocycles. The third-order valence-corrected chi connectivity index (χ3v) is 5.12. The standard InChI is InChI=1S/C16H19BO6/c1-15(2)19-12-13(20-15)16(21-14(12)18-3)8-11(16)17-22-9-6-4-5-7-10(9)23-17/h4-7,11-14H,8H2,1-3H3/t11-,12+,13?,14?,16+/m1/s1. The lowest BCUT2D eigenvalue weighted by molar-refractivity contribution is -0.232. The van der Waals surface area contributed by atoms with Crippen LogP contribution in [0.25, 0.3) is 0 Å². The van der Waals surface area contributed by atoms with Crippen LogP contribution in [0.1, 0.15) is 20.3 Å². The Morgan fingerprint density at radius 2 is 1.78 bits per heavy atom. The van der Waals surface area contributed by atoms with Crippen molar-refractivity contribution in [3.8, 4) is 11.5 Å². The lowest BCUT2D eigenvalue weighted by Gasteiger charge is -2.24. The van der Waals surface area contributed by atoms with Gasteiger partial charge in [0.25, 0.3) is 0 Å². The molecule has 2 saturated heterocycles. The van der Waals surface area contributed by atoms with E-state index in [1.165, 1.54) is 0 Å². The maximum absolute atomic E-state index is 6.16. The third kappa shape index (κ3) is 1.91. The predicted molar refractivity (Wildman–Crippen MR) is 80.3 cm³/mol. The SMILES string of the molecule is COC1O[C@]2(C[C@H]2B2Oc3ccccc3O2)C2OC(C)(C)O[C@H]12. The van der Waals surface area contributed by atoms with Crippen LogP contribution < -0.4 is 9.31 Å². The normalized spacial score (nSPS) is 42.3. The monoisotopic (exact) mass is 318 g/mol. The van der Waals surface area contributed by atoms with Gasteiger partial charge in [0.1, 0.15) is 29.3 Å². The van der Waals surface area contributed by atoms with Crippen molar-refractivity contribution >= 4 is 7.12 Å². The second kappa shape index (κ2) is 4.42. The summed E-state index contributed by atoms with van der Waals surface area (Å²) in [6, 6.07) is 7.71. The first kappa shape index (κ1) is 14.1.